The number of aromatic nitrogens is 2. The van der Waals surface area contributed by atoms with E-state index in [9.17, 15) is 0 Å². The summed E-state index contributed by atoms with van der Waals surface area (Å²) in [5, 5.41) is 4.30. The number of nitrogens with zero attached hydrogens (tertiary/aromatic N) is 4. The van der Waals surface area contributed by atoms with Gasteiger partial charge in [0.2, 0.25) is 0 Å². The highest BCUT2D eigenvalue weighted by atomic mass is 79.9. The number of hydrogen-bond donors (Lipinski definition) is 0. The lowest BCUT2D eigenvalue weighted by Crippen LogP contribution is -2.31. The first-order valence-electron chi connectivity index (χ1n) is 8.87. The Morgan fingerprint density at radius 1 is 1.24 bits per heavy atom. The van der Waals surface area contributed by atoms with Gasteiger partial charge in [0.25, 0.3) is 0 Å². The summed E-state index contributed by atoms with van der Waals surface area (Å²) in [6.45, 7) is 9.39. The van der Waals surface area contributed by atoms with E-state index < -0.39 is 0 Å². The van der Waals surface area contributed by atoms with Gasteiger partial charge in [-0.25, -0.2) is 9.67 Å². The predicted molar refractivity (Wildman–Crippen MR) is 109 cm³/mol. The molecule has 1 saturated heterocycles. The molecular formula is C20H25BrN4. The second kappa shape index (κ2) is 8.59. The van der Waals surface area contributed by atoms with Gasteiger partial charge in [-0.3, -0.25) is 0 Å². The van der Waals surface area contributed by atoms with Gasteiger partial charge in [-0.15, -0.1) is 0 Å². The van der Waals surface area contributed by atoms with Crippen molar-refractivity contribution in [3.8, 4) is 0 Å². The number of benzene rings is 1. The SMILES string of the molecule is C=Nc1c(Br)cnn1/C=C(\C)c1ccc(CCN2CCCCC2)cc1. The number of aliphatic imine (C=N–C) groups is 1. The lowest BCUT2D eigenvalue weighted by atomic mass is 10.0. The van der Waals surface area contributed by atoms with Gasteiger partial charge in [-0.2, -0.15) is 5.10 Å². The molecule has 1 fully saturated rings. The predicted octanol–water partition coefficient (Wildman–Crippen LogP) is 5.02. The zero-order valence-corrected chi connectivity index (χ0v) is 16.4. The Kier molecular flexibility index (Phi) is 6.21. The van der Waals surface area contributed by atoms with Gasteiger partial charge in [0.1, 0.15) is 0 Å². The minimum absolute atomic E-state index is 0.720. The molecule has 2 heterocycles. The average molecular weight is 401 g/mol. The number of rotatable bonds is 6. The van der Waals surface area contributed by atoms with E-state index in [4.69, 9.17) is 0 Å². The quantitative estimate of drug-likeness (QED) is 0.637. The number of piperidine rings is 1. The van der Waals surface area contributed by atoms with Crippen LogP contribution in [-0.4, -0.2) is 41.0 Å². The molecular weight excluding hydrogens is 376 g/mol. The first kappa shape index (κ1) is 18.1. The Balaban J connectivity index is 1.64. The topological polar surface area (TPSA) is 33.4 Å². The van der Waals surface area contributed by atoms with E-state index in [0.29, 0.717) is 0 Å². The second-order valence-corrected chi connectivity index (χ2v) is 7.43. The highest BCUT2D eigenvalue weighted by Crippen LogP contribution is 2.26. The third-order valence-electron chi connectivity index (χ3n) is 4.77. The third-order valence-corrected chi connectivity index (χ3v) is 5.33. The summed E-state index contributed by atoms with van der Waals surface area (Å²) in [4.78, 5) is 6.60. The summed E-state index contributed by atoms with van der Waals surface area (Å²) in [6, 6.07) is 8.86. The van der Waals surface area contributed by atoms with Gasteiger partial charge in [-0.05, 0) is 78.6 Å². The molecule has 3 rings (SSSR count). The Bertz CT molecular complexity index is 740. The Hall–Kier alpha value is -1.72. The number of likely N-dealkylation sites (tertiary alicyclic amines) is 1. The number of halogens is 1. The summed E-state index contributed by atoms with van der Waals surface area (Å²) < 4.78 is 2.59. The standard InChI is InChI=1S/C20H25BrN4/c1-16(15-25-20(22-2)19(21)14-23-25)18-8-6-17(7-9-18)10-13-24-11-4-3-5-12-24/h6-9,14-15H,2-5,10-13H2,1H3/b16-15+. The van der Waals surface area contributed by atoms with Crippen molar-refractivity contribution < 1.29 is 0 Å². The fraction of sp³-hybridized carbons (Fsp3) is 0.400. The smallest absolute Gasteiger partial charge is 0.168 e. The summed E-state index contributed by atoms with van der Waals surface area (Å²) in [6.07, 6.45) is 8.95. The van der Waals surface area contributed by atoms with E-state index in [1.54, 1.807) is 10.9 Å². The van der Waals surface area contributed by atoms with Crippen LogP contribution >= 0.6 is 15.9 Å². The van der Waals surface area contributed by atoms with E-state index in [0.717, 1.165) is 22.3 Å². The lowest BCUT2D eigenvalue weighted by Gasteiger charge is -2.26. The molecule has 0 radical (unpaired) electrons. The van der Waals surface area contributed by atoms with Gasteiger partial charge in [0.15, 0.2) is 5.82 Å². The van der Waals surface area contributed by atoms with E-state index in [-0.39, 0.29) is 0 Å². The zero-order chi connectivity index (χ0) is 17.6. The zero-order valence-electron chi connectivity index (χ0n) is 14.8. The van der Waals surface area contributed by atoms with E-state index in [2.05, 4.69) is 68.8 Å². The average Bonchev–Trinajstić information content (AvgIpc) is 3.00. The molecule has 0 spiro atoms. The van der Waals surface area contributed by atoms with Crippen molar-refractivity contribution in [1.29, 1.82) is 0 Å². The normalized spacial score (nSPS) is 16.2. The molecule has 1 aliphatic heterocycles. The summed E-state index contributed by atoms with van der Waals surface area (Å²) in [5.74, 6) is 0.720. The fourth-order valence-electron chi connectivity index (χ4n) is 3.24. The molecule has 132 valence electrons. The Labute approximate surface area is 158 Å². The van der Waals surface area contributed by atoms with Gasteiger partial charge in [0, 0.05) is 12.7 Å². The van der Waals surface area contributed by atoms with Crippen molar-refractivity contribution in [2.24, 2.45) is 4.99 Å². The van der Waals surface area contributed by atoms with Crippen LogP contribution in [0.2, 0.25) is 0 Å². The van der Waals surface area contributed by atoms with Crippen LogP contribution in [0.1, 0.15) is 37.3 Å². The van der Waals surface area contributed by atoms with Crippen molar-refractivity contribution in [1.82, 2.24) is 14.7 Å². The molecule has 2 aromatic rings. The highest BCUT2D eigenvalue weighted by Gasteiger charge is 2.10. The van der Waals surface area contributed by atoms with Gasteiger partial charge in [0.05, 0.1) is 10.7 Å². The van der Waals surface area contributed by atoms with Crippen molar-refractivity contribution in [3.05, 3.63) is 46.1 Å². The molecule has 1 aliphatic rings. The molecule has 1 aromatic heterocycles. The number of hydrogen-bond acceptors (Lipinski definition) is 3. The second-order valence-electron chi connectivity index (χ2n) is 6.58. The third kappa shape index (κ3) is 4.67. The van der Waals surface area contributed by atoms with Crippen LogP contribution in [0.25, 0.3) is 11.8 Å². The molecule has 0 unspecified atom stereocenters. The maximum Gasteiger partial charge on any atom is 0.168 e. The minimum Gasteiger partial charge on any atom is -0.303 e. The van der Waals surface area contributed by atoms with E-state index in [1.165, 1.54) is 50.0 Å². The van der Waals surface area contributed by atoms with E-state index >= 15 is 0 Å². The van der Waals surface area contributed by atoms with Gasteiger partial charge in [-0.1, -0.05) is 30.7 Å². The van der Waals surface area contributed by atoms with Crippen molar-refractivity contribution in [2.75, 3.05) is 19.6 Å². The summed E-state index contributed by atoms with van der Waals surface area (Å²) in [7, 11) is 0. The fourth-order valence-corrected chi connectivity index (χ4v) is 3.64. The molecule has 0 bridgehead atoms. The minimum atomic E-state index is 0.720. The van der Waals surface area contributed by atoms with Crippen LogP contribution in [0.15, 0.2) is 39.9 Å². The van der Waals surface area contributed by atoms with Crippen LogP contribution in [0.5, 0.6) is 0 Å². The molecule has 4 nitrogen and oxygen atoms in total. The van der Waals surface area contributed by atoms with Crippen LogP contribution in [0.3, 0.4) is 0 Å². The maximum atomic E-state index is 4.30. The van der Waals surface area contributed by atoms with Crippen LogP contribution in [0, 0.1) is 0 Å². The summed E-state index contributed by atoms with van der Waals surface area (Å²) >= 11 is 3.43. The van der Waals surface area contributed by atoms with Crippen LogP contribution < -0.4 is 0 Å². The first-order chi connectivity index (χ1) is 12.2. The van der Waals surface area contributed by atoms with Crippen LogP contribution in [0.4, 0.5) is 5.82 Å². The molecule has 5 heteroatoms. The van der Waals surface area contributed by atoms with Crippen molar-refractivity contribution >= 4 is 40.2 Å². The number of allylic oxidation sites excluding steroid dienone is 1. The Morgan fingerprint density at radius 3 is 2.64 bits per heavy atom. The maximum absolute atomic E-state index is 4.30. The molecule has 1 aromatic carbocycles. The molecule has 0 amide bonds. The van der Waals surface area contributed by atoms with Crippen LogP contribution in [-0.2, 0) is 6.42 Å². The van der Waals surface area contributed by atoms with Gasteiger partial charge >= 0.3 is 0 Å². The Morgan fingerprint density at radius 2 is 1.96 bits per heavy atom. The van der Waals surface area contributed by atoms with Crippen molar-refractivity contribution in [3.63, 3.8) is 0 Å². The first-order valence-corrected chi connectivity index (χ1v) is 9.66. The van der Waals surface area contributed by atoms with Gasteiger partial charge < -0.3 is 4.90 Å². The lowest BCUT2D eigenvalue weighted by molar-refractivity contribution is 0.231. The molecule has 0 atom stereocenters. The molecule has 0 N–H and O–H groups in total. The largest absolute Gasteiger partial charge is 0.303 e. The van der Waals surface area contributed by atoms with Crippen molar-refractivity contribution in [2.45, 2.75) is 32.6 Å². The molecule has 0 aliphatic carbocycles. The molecule has 25 heavy (non-hydrogen) atoms. The monoisotopic (exact) mass is 400 g/mol. The highest BCUT2D eigenvalue weighted by molar-refractivity contribution is 9.10. The molecule has 0 saturated carbocycles. The summed E-state index contributed by atoms with van der Waals surface area (Å²) in [5.41, 5.74) is 3.74. The van der Waals surface area contributed by atoms with E-state index in [1.807, 2.05) is 6.20 Å².